The van der Waals surface area contributed by atoms with Gasteiger partial charge < -0.3 is 0 Å². The summed E-state index contributed by atoms with van der Waals surface area (Å²) in [5.74, 6) is 4.78. The lowest BCUT2D eigenvalue weighted by atomic mass is 9.93. The summed E-state index contributed by atoms with van der Waals surface area (Å²) in [4.78, 5) is 0. The minimum absolute atomic E-state index is 1.19. The number of hydrogen-bond donors (Lipinski definition) is 0. The van der Waals surface area contributed by atoms with E-state index in [1.165, 1.54) is 23.0 Å². The number of rotatable bonds is 0. The van der Waals surface area contributed by atoms with Crippen LogP contribution in [0.3, 0.4) is 0 Å². The summed E-state index contributed by atoms with van der Waals surface area (Å²) in [7, 11) is 0. The fourth-order valence-corrected chi connectivity index (χ4v) is 4.86. The van der Waals surface area contributed by atoms with Crippen molar-refractivity contribution in [1.82, 2.24) is 0 Å². The molecule has 0 nitrogen and oxygen atoms in total. The van der Waals surface area contributed by atoms with E-state index in [1.807, 2.05) is 23.5 Å². The van der Waals surface area contributed by atoms with Crippen molar-refractivity contribution in [2.75, 3.05) is 0 Å². The van der Waals surface area contributed by atoms with E-state index >= 15 is 0 Å². The van der Waals surface area contributed by atoms with Crippen LogP contribution in [-0.2, 0) is 23.0 Å². The number of hydrogen-bond acceptors (Lipinski definition) is 2. The summed E-state index contributed by atoms with van der Waals surface area (Å²) in [5, 5.41) is 3.18. The SMILES string of the molecule is c1cc2c3c(ccc4c3c1CSC4)CSC2. The zero-order valence-electron chi connectivity index (χ0n) is 8.95. The average molecular weight is 244 g/mol. The third-order valence-electron chi connectivity index (χ3n) is 3.54. The van der Waals surface area contributed by atoms with Gasteiger partial charge in [-0.3, -0.25) is 0 Å². The molecule has 0 spiro atoms. The fourth-order valence-electron chi connectivity index (χ4n) is 2.81. The van der Waals surface area contributed by atoms with Crippen molar-refractivity contribution >= 4 is 34.3 Å². The summed E-state index contributed by atoms with van der Waals surface area (Å²) >= 11 is 4.09. The lowest BCUT2D eigenvalue weighted by Crippen LogP contribution is -2.03. The third kappa shape index (κ3) is 1.20. The Kier molecular flexibility index (Phi) is 2.03. The summed E-state index contributed by atoms with van der Waals surface area (Å²) in [6.45, 7) is 0. The first kappa shape index (κ1) is 9.43. The minimum Gasteiger partial charge on any atom is -0.152 e. The maximum atomic E-state index is 2.35. The van der Waals surface area contributed by atoms with Gasteiger partial charge in [0.05, 0.1) is 0 Å². The molecule has 0 radical (unpaired) electrons. The molecule has 2 aromatic carbocycles. The van der Waals surface area contributed by atoms with Gasteiger partial charge in [0.15, 0.2) is 0 Å². The molecule has 0 aromatic heterocycles. The van der Waals surface area contributed by atoms with Gasteiger partial charge in [0.25, 0.3) is 0 Å². The van der Waals surface area contributed by atoms with E-state index in [0.29, 0.717) is 0 Å². The minimum atomic E-state index is 1.19. The van der Waals surface area contributed by atoms with E-state index in [4.69, 9.17) is 0 Å². The lowest BCUT2D eigenvalue weighted by molar-refractivity contribution is 1.28. The molecule has 0 atom stereocenters. The van der Waals surface area contributed by atoms with E-state index in [0.717, 1.165) is 0 Å². The Bertz CT molecular complexity index is 488. The topological polar surface area (TPSA) is 0 Å². The van der Waals surface area contributed by atoms with Gasteiger partial charge in [0, 0.05) is 23.0 Å². The Morgan fingerprint density at radius 3 is 1.19 bits per heavy atom. The molecule has 2 heterocycles. The Labute approximate surface area is 104 Å². The molecule has 2 heteroatoms. The van der Waals surface area contributed by atoms with E-state index < -0.39 is 0 Å². The fraction of sp³-hybridized carbons (Fsp3) is 0.286. The molecule has 80 valence electrons. The molecule has 4 rings (SSSR count). The van der Waals surface area contributed by atoms with Gasteiger partial charge in [-0.25, -0.2) is 0 Å². The molecule has 0 saturated heterocycles. The maximum absolute atomic E-state index is 2.35. The highest BCUT2D eigenvalue weighted by molar-refractivity contribution is 7.98. The molecular weight excluding hydrogens is 232 g/mol. The standard InChI is InChI=1S/C14H12S2/c1-2-10-6-16-8-12-4-3-11-7-15-5-9(1)13(11)14(10)12/h1-4H,5-8H2. The van der Waals surface area contributed by atoms with Crippen molar-refractivity contribution in [3.05, 3.63) is 46.5 Å². The van der Waals surface area contributed by atoms with E-state index in [9.17, 15) is 0 Å². The maximum Gasteiger partial charge on any atom is 0.0194 e. The van der Waals surface area contributed by atoms with Crippen LogP contribution in [0.5, 0.6) is 0 Å². The van der Waals surface area contributed by atoms with Crippen molar-refractivity contribution < 1.29 is 0 Å². The molecule has 0 bridgehead atoms. The largest absolute Gasteiger partial charge is 0.152 e. The van der Waals surface area contributed by atoms with Crippen LogP contribution in [0.4, 0.5) is 0 Å². The summed E-state index contributed by atoms with van der Waals surface area (Å²) in [6, 6.07) is 9.40. The van der Waals surface area contributed by atoms with E-state index in [1.54, 1.807) is 33.0 Å². The van der Waals surface area contributed by atoms with E-state index in [2.05, 4.69) is 24.3 Å². The molecular formula is C14H12S2. The van der Waals surface area contributed by atoms with Crippen LogP contribution in [0.1, 0.15) is 22.3 Å². The van der Waals surface area contributed by atoms with Crippen molar-refractivity contribution in [2.45, 2.75) is 23.0 Å². The van der Waals surface area contributed by atoms with Gasteiger partial charge in [-0.1, -0.05) is 24.3 Å². The van der Waals surface area contributed by atoms with Gasteiger partial charge in [0.2, 0.25) is 0 Å². The first-order chi connectivity index (χ1) is 7.93. The predicted molar refractivity (Wildman–Crippen MR) is 73.9 cm³/mol. The Balaban J connectivity index is 2.21. The zero-order chi connectivity index (χ0) is 10.5. The molecule has 2 aromatic rings. The molecule has 2 aliphatic heterocycles. The second-order valence-electron chi connectivity index (χ2n) is 4.50. The molecule has 0 fully saturated rings. The Morgan fingerprint density at radius 2 is 0.875 bits per heavy atom. The third-order valence-corrected chi connectivity index (χ3v) is 5.60. The van der Waals surface area contributed by atoms with E-state index in [-0.39, 0.29) is 0 Å². The van der Waals surface area contributed by atoms with Gasteiger partial charge in [-0.2, -0.15) is 23.5 Å². The highest BCUT2D eigenvalue weighted by atomic mass is 32.2. The normalized spacial score (nSPS) is 17.8. The van der Waals surface area contributed by atoms with Crippen LogP contribution in [0, 0.1) is 0 Å². The van der Waals surface area contributed by atoms with Gasteiger partial charge in [-0.15, -0.1) is 0 Å². The van der Waals surface area contributed by atoms with Crippen molar-refractivity contribution in [1.29, 1.82) is 0 Å². The first-order valence-corrected chi connectivity index (χ1v) is 7.95. The van der Waals surface area contributed by atoms with Crippen LogP contribution in [0.25, 0.3) is 10.8 Å². The number of benzene rings is 2. The van der Waals surface area contributed by atoms with Crippen molar-refractivity contribution in [3.8, 4) is 0 Å². The smallest absolute Gasteiger partial charge is 0.0194 e. The number of thioether (sulfide) groups is 2. The quantitative estimate of drug-likeness (QED) is 0.676. The molecule has 0 aliphatic carbocycles. The van der Waals surface area contributed by atoms with Crippen LogP contribution in [0.15, 0.2) is 24.3 Å². The molecule has 0 saturated carbocycles. The average Bonchev–Trinajstić information content (AvgIpc) is 2.36. The molecule has 16 heavy (non-hydrogen) atoms. The molecule has 0 amide bonds. The summed E-state index contributed by atoms with van der Waals surface area (Å²) in [5.41, 5.74) is 6.22. The monoisotopic (exact) mass is 244 g/mol. The lowest BCUT2D eigenvalue weighted by Gasteiger charge is -2.23. The molecule has 2 aliphatic rings. The summed E-state index contributed by atoms with van der Waals surface area (Å²) < 4.78 is 0. The highest BCUT2D eigenvalue weighted by Crippen LogP contribution is 2.41. The second-order valence-corrected chi connectivity index (χ2v) is 6.47. The van der Waals surface area contributed by atoms with Gasteiger partial charge in [0.1, 0.15) is 0 Å². The summed E-state index contributed by atoms with van der Waals surface area (Å²) in [6.07, 6.45) is 0. The second kappa shape index (κ2) is 3.44. The zero-order valence-corrected chi connectivity index (χ0v) is 10.6. The Hall–Kier alpha value is -0.600. The van der Waals surface area contributed by atoms with Crippen molar-refractivity contribution in [2.24, 2.45) is 0 Å². The van der Waals surface area contributed by atoms with Crippen LogP contribution in [-0.4, -0.2) is 0 Å². The van der Waals surface area contributed by atoms with Crippen LogP contribution >= 0.6 is 23.5 Å². The highest BCUT2D eigenvalue weighted by Gasteiger charge is 2.19. The predicted octanol–water partition coefficient (Wildman–Crippen LogP) is 4.33. The first-order valence-electron chi connectivity index (χ1n) is 5.64. The van der Waals surface area contributed by atoms with Crippen LogP contribution in [0.2, 0.25) is 0 Å². The Morgan fingerprint density at radius 1 is 0.562 bits per heavy atom. The van der Waals surface area contributed by atoms with Crippen molar-refractivity contribution in [3.63, 3.8) is 0 Å². The molecule has 0 N–H and O–H groups in total. The van der Waals surface area contributed by atoms with Gasteiger partial charge in [-0.05, 0) is 33.0 Å². The molecule has 0 unspecified atom stereocenters. The van der Waals surface area contributed by atoms with Crippen LogP contribution < -0.4 is 0 Å². The van der Waals surface area contributed by atoms with Gasteiger partial charge >= 0.3 is 0 Å².